The molecule has 214 valence electrons. The van der Waals surface area contributed by atoms with Gasteiger partial charge >= 0.3 is 5.97 Å². The van der Waals surface area contributed by atoms with Gasteiger partial charge in [0.05, 0.1) is 47.6 Å². The second-order valence-electron chi connectivity index (χ2n) is 9.38. The molecule has 2 aliphatic heterocycles. The normalized spacial score (nSPS) is 17.7. The van der Waals surface area contributed by atoms with Crippen LogP contribution in [0.3, 0.4) is 0 Å². The highest BCUT2D eigenvalue weighted by Crippen LogP contribution is 2.34. The van der Waals surface area contributed by atoms with E-state index in [1.54, 1.807) is 19.2 Å². The lowest BCUT2D eigenvalue weighted by Gasteiger charge is -2.26. The quantitative estimate of drug-likeness (QED) is 0.362. The topological polar surface area (TPSA) is 115 Å². The van der Waals surface area contributed by atoms with Crippen LogP contribution >= 0.6 is 11.6 Å². The second-order valence-corrected chi connectivity index (χ2v) is 11.7. The number of sulfonamides is 1. The first-order valence-electron chi connectivity index (χ1n) is 12.9. The predicted molar refractivity (Wildman–Crippen MR) is 151 cm³/mol. The van der Waals surface area contributed by atoms with Gasteiger partial charge < -0.3 is 14.2 Å². The number of halogens is 1. The molecule has 2 heterocycles. The Morgan fingerprint density at radius 2 is 1.73 bits per heavy atom. The molecule has 10 nitrogen and oxygen atoms in total. The minimum atomic E-state index is -3.87. The summed E-state index contributed by atoms with van der Waals surface area (Å²) in [6.45, 7) is 0.359. The van der Waals surface area contributed by atoms with Crippen LogP contribution in [0.1, 0.15) is 33.9 Å². The molecule has 41 heavy (non-hydrogen) atoms. The van der Waals surface area contributed by atoms with Crippen LogP contribution in [0.15, 0.2) is 82.8 Å². The molecule has 0 spiro atoms. The summed E-state index contributed by atoms with van der Waals surface area (Å²) in [5.74, 6) is -0.786. The number of amides is 1. The van der Waals surface area contributed by atoms with Crippen molar-refractivity contribution in [1.82, 2.24) is 9.31 Å². The Kier molecular flexibility index (Phi) is 8.69. The highest BCUT2D eigenvalue weighted by atomic mass is 35.5. The molecule has 3 aromatic carbocycles. The smallest absolute Gasteiger partial charge is 0.340 e. The molecule has 5 rings (SSSR count). The van der Waals surface area contributed by atoms with E-state index in [1.165, 1.54) is 27.5 Å². The Bertz CT molecular complexity index is 1560. The molecule has 12 heteroatoms. The van der Waals surface area contributed by atoms with E-state index in [9.17, 15) is 18.0 Å². The minimum Gasteiger partial charge on any atom is -0.497 e. The van der Waals surface area contributed by atoms with Crippen molar-refractivity contribution in [2.45, 2.75) is 17.4 Å². The summed E-state index contributed by atoms with van der Waals surface area (Å²) in [7, 11) is -2.29. The van der Waals surface area contributed by atoms with Crippen LogP contribution in [0, 0.1) is 0 Å². The first kappa shape index (κ1) is 28.7. The summed E-state index contributed by atoms with van der Waals surface area (Å²) in [6.07, 6.45) is 0.462. The molecular formula is C29H28ClN3O7S. The number of carbonyl (C=O) groups is 2. The number of esters is 1. The van der Waals surface area contributed by atoms with Crippen LogP contribution in [-0.4, -0.2) is 75.3 Å². The van der Waals surface area contributed by atoms with Gasteiger partial charge in [0, 0.05) is 19.5 Å². The lowest BCUT2D eigenvalue weighted by atomic mass is 9.98. The summed E-state index contributed by atoms with van der Waals surface area (Å²) >= 11 is 6.23. The molecule has 0 aliphatic carbocycles. The molecule has 2 aliphatic rings. The predicted octanol–water partition coefficient (Wildman–Crippen LogP) is 3.90. The van der Waals surface area contributed by atoms with E-state index in [4.69, 9.17) is 25.8 Å². The van der Waals surface area contributed by atoms with Gasteiger partial charge in [-0.15, -0.1) is 0 Å². The first-order valence-corrected chi connectivity index (χ1v) is 14.7. The Labute approximate surface area is 243 Å². The van der Waals surface area contributed by atoms with Crippen molar-refractivity contribution in [3.8, 4) is 5.75 Å². The maximum absolute atomic E-state index is 13.4. The number of nitrogens with zero attached hydrogens (tertiary/aromatic N) is 3. The highest BCUT2D eigenvalue weighted by molar-refractivity contribution is 7.89. The van der Waals surface area contributed by atoms with Crippen molar-refractivity contribution in [2.24, 2.45) is 5.10 Å². The maximum atomic E-state index is 13.4. The van der Waals surface area contributed by atoms with E-state index in [0.29, 0.717) is 12.2 Å². The van der Waals surface area contributed by atoms with Gasteiger partial charge in [0.15, 0.2) is 6.61 Å². The van der Waals surface area contributed by atoms with Crippen LogP contribution in [0.2, 0.25) is 5.02 Å². The van der Waals surface area contributed by atoms with Crippen molar-refractivity contribution in [2.75, 3.05) is 40.0 Å². The van der Waals surface area contributed by atoms with E-state index in [-0.39, 0.29) is 41.8 Å². The molecule has 1 atom stereocenters. The van der Waals surface area contributed by atoms with Gasteiger partial charge in [-0.3, -0.25) is 4.79 Å². The van der Waals surface area contributed by atoms with E-state index in [0.717, 1.165) is 16.8 Å². The van der Waals surface area contributed by atoms with Crippen molar-refractivity contribution >= 4 is 39.2 Å². The average molecular weight is 598 g/mol. The molecule has 0 aromatic heterocycles. The number of hydrogen-bond donors (Lipinski definition) is 0. The second kappa shape index (κ2) is 12.4. The molecule has 0 N–H and O–H groups in total. The maximum Gasteiger partial charge on any atom is 0.340 e. The Morgan fingerprint density at radius 3 is 2.41 bits per heavy atom. The molecule has 1 saturated heterocycles. The van der Waals surface area contributed by atoms with Crippen LogP contribution in [-0.2, 0) is 24.3 Å². The third-order valence-corrected chi connectivity index (χ3v) is 9.09. The lowest BCUT2D eigenvalue weighted by Crippen LogP contribution is -2.40. The fourth-order valence-electron chi connectivity index (χ4n) is 4.66. The van der Waals surface area contributed by atoms with Crippen LogP contribution in [0.4, 0.5) is 0 Å². The molecule has 0 saturated carbocycles. The fraction of sp³-hybridized carbons (Fsp3) is 0.276. The number of benzene rings is 3. The number of rotatable bonds is 8. The Hall–Kier alpha value is -3.77. The van der Waals surface area contributed by atoms with Crippen molar-refractivity contribution in [1.29, 1.82) is 0 Å². The largest absolute Gasteiger partial charge is 0.497 e. The third kappa shape index (κ3) is 6.28. The number of carbonyl (C=O) groups excluding carboxylic acids is 2. The zero-order valence-electron chi connectivity index (χ0n) is 22.2. The number of morpholine rings is 1. The van der Waals surface area contributed by atoms with Gasteiger partial charge in [0.25, 0.3) is 5.91 Å². The zero-order valence-corrected chi connectivity index (χ0v) is 23.8. The summed E-state index contributed by atoms with van der Waals surface area (Å²) in [5.41, 5.74) is 2.28. The standard InChI is InChI=1S/C29H28ClN3O7S/c1-38-22-9-7-21(8-10-22)27-18-26(20-5-3-2-4-6-20)31-33(27)28(34)19-40-29(35)24-17-23(11-12-25(24)30)41(36,37)32-13-15-39-16-14-32/h2-12,17,27H,13-16,18-19H2,1H3/t27-/m0/s1. The van der Waals surface area contributed by atoms with E-state index in [2.05, 4.69) is 5.10 Å². The summed E-state index contributed by atoms with van der Waals surface area (Å²) in [5, 5.41) is 5.90. The van der Waals surface area contributed by atoms with Gasteiger partial charge in [-0.25, -0.2) is 18.2 Å². The fourth-order valence-corrected chi connectivity index (χ4v) is 6.29. The first-order chi connectivity index (χ1) is 19.8. The summed E-state index contributed by atoms with van der Waals surface area (Å²) in [6, 6.07) is 20.2. The van der Waals surface area contributed by atoms with Gasteiger partial charge in [-0.05, 0) is 41.5 Å². The van der Waals surface area contributed by atoms with E-state index >= 15 is 0 Å². The lowest BCUT2D eigenvalue weighted by molar-refractivity contribution is -0.136. The minimum absolute atomic E-state index is 0.00467. The van der Waals surface area contributed by atoms with Crippen molar-refractivity contribution < 1.29 is 32.2 Å². The highest BCUT2D eigenvalue weighted by Gasteiger charge is 2.34. The molecule has 0 radical (unpaired) electrons. The van der Waals surface area contributed by atoms with Crippen LogP contribution in [0.5, 0.6) is 5.75 Å². The van der Waals surface area contributed by atoms with E-state index < -0.39 is 34.5 Å². The summed E-state index contributed by atoms with van der Waals surface area (Å²) in [4.78, 5) is 26.2. The molecule has 1 amide bonds. The SMILES string of the molecule is COc1ccc([C@@H]2CC(c3ccccc3)=NN2C(=O)COC(=O)c2cc(S(=O)(=O)N3CCOCC3)ccc2Cl)cc1. The number of methoxy groups -OCH3 is 1. The van der Waals surface area contributed by atoms with Crippen LogP contribution in [0.25, 0.3) is 0 Å². The van der Waals surface area contributed by atoms with Crippen molar-refractivity contribution in [3.63, 3.8) is 0 Å². The molecule has 0 bridgehead atoms. The van der Waals surface area contributed by atoms with Gasteiger partial charge in [-0.2, -0.15) is 9.41 Å². The molecular weight excluding hydrogens is 570 g/mol. The zero-order chi connectivity index (χ0) is 29.0. The van der Waals surface area contributed by atoms with Crippen molar-refractivity contribution in [3.05, 3.63) is 94.5 Å². The molecule has 0 unspecified atom stereocenters. The number of hydrogen-bond acceptors (Lipinski definition) is 8. The third-order valence-electron chi connectivity index (χ3n) is 6.87. The molecule has 1 fully saturated rings. The van der Waals surface area contributed by atoms with Crippen LogP contribution < -0.4 is 4.74 Å². The van der Waals surface area contributed by atoms with Gasteiger partial charge in [0.2, 0.25) is 10.0 Å². The Morgan fingerprint density at radius 1 is 1.02 bits per heavy atom. The average Bonchev–Trinajstić information content (AvgIpc) is 3.46. The van der Waals surface area contributed by atoms with Gasteiger partial charge in [-0.1, -0.05) is 54.1 Å². The van der Waals surface area contributed by atoms with Gasteiger partial charge in [0.1, 0.15) is 5.75 Å². The number of hydrazone groups is 1. The monoisotopic (exact) mass is 597 g/mol. The van der Waals surface area contributed by atoms with E-state index in [1.807, 2.05) is 42.5 Å². The molecule has 3 aromatic rings. The summed E-state index contributed by atoms with van der Waals surface area (Å²) < 4.78 is 43.2. The number of ether oxygens (including phenoxy) is 3. The Balaban J connectivity index is 1.34.